The summed E-state index contributed by atoms with van der Waals surface area (Å²) in [5.74, 6) is -0.202. The summed E-state index contributed by atoms with van der Waals surface area (Å²) in [6.45, 7) is 4.02. The molecule has 0 saturated heterocycles. The van der Waals surface area contributed by atoms with E-state index in [1.165, 1.54) is 12.1 Å². The van der Waals surface area contributed by atoms with Gasteiger partial charge in [-0.2, -0.15) is 0 Å². The van der Waals surface area contributed by atoms with Gasteiger partial charge >= 0.3 is 0 Å². The van der Waals surface area contributed by atoms with Gasteiger partial charge in [-0.3, -0.25) is 4.39 Å². The van der Waals surface area contributed by atoms with Crippen LogP contribution in [0.2, 0.25) is 0 Å². The normalized spacial score (nSPS) is 11.7. The highest BCUT2D eigenvalue weighted by molar-refractivity contribution is 7.15. The highest BCUT2D eigenvalue weighted by atomic mass is 32.1. The Morgan fingerprint density at radius 1 is 1.26 bits per heavy atom. The van der Waals surface area contributed by atoms with Crippen LogP contribution in [0.5, 0.6) is 0 Å². The quantitative estimate of drug-likeness (QED) is 0.926. The third-order valence-corrected chi connectivity index (χ3v) is 3.70. The zero-order valence-electron chi connectivity index (χ0n) is 11.2. The fraction of sp³-hybridized carbons (Fsp3) is 0.357. The first-order chi connectivity index (χ1) is 9.11. The lowest BCUT2D eigenvalue weighted by Gasteiger charge is -2.04. The van der Waals surface area contributed by atoms with Crippen molar-refractivity contribution in [1.82, 2.24) is 4.98 Å². The summed E-state index contributed by atoms with van der Waals surface area (Å²) in [4.78, 5) is 5.62. The Morgan fingerprint density at radius 3 is 2.37 bits per heavy atom. The van der Waals surface area contributed by atoms with Gasteiger partial charge < -0.3 is 5.11 Å². The number of thiazole rings is 1. The number of hydrogen-bond donors (Lipinski definition) is 1. The molecule has 0 bridgehead atoms. The third kappa shape index (κ3) is 3.81. The summed E-state index contributed by atoms with van der Waals surface area (Å²) in [6, 6.07) is 6.31. The summed E-state index contributed by atoms with van der Waals surface area (Å²) >= 11 is 1.57. The van der Waals surface area contributed by atoms with Crippen LogP contribution in [-0.2, 0) is 0 Å². The molecule has 1 unspecified atom stereocenters. The molecule has 1 aromatic heterocycles. The van der Waals surface area contributed by atoms with Gasteiger partial charge in [0.2, 0.25) is 0 Å². The van der Waals surface area contributed by atoms with Crippen LogP contribution in [0.15, 0.2) is 24.3 Å². The average molecular weight is 285 g/mol. The zero-order chi connectivity index (χ0) is 14.4. The molecular weight excluding hydrogens is 268 g/mol. The average Bonchev–Trinajstić information content (AvgIpc) is 2.83. The van der Waals surface area contributed by atoms with Gasteiger partial charge in [-0.15, -0.1) is 11.3 Å². The van der Waals surface area contributed by atoms with Gasteiger partial charge in [-0.1, -0.05) is 6.92 Å². The summed E-state index contributed by atoms with van der Waals surface area (Å²) < 4.78 is 22.3. The van der Waals surface area contributed by atoms with E-state index >= 15 is 0 Å². The SMILES string of the molecule is CF.Cc1sc(-c2ccc(F)cc2)nc1C(C)CO. The lowest BCUT2D eigenvalue weighted by atomic mass is 10.1. The van der Waals surface area contributed by atoms with E-state index in [0.29, 0.717) is 7.18 Å². The number of hydrogen-bond acceptors (Lipinski definition) is 3. The van der Waals surface area contributed by atoms with Crippen LogP contribution < -0.4 is 0 Å². The number of rotatable bonds is 3. The van der Waals surface area contributed by atoms with Crippen molar-refractivity contribution in [3.05, 3.63) is 40.7 Å². The Kier molecular flexibility index (Phi) is 6.05. The van der Waals surface area contributed by atoms with Crippen LogP contribution in [0.1, 0.15) is 23.4 Å². The van der Waals surface area contributed by atoms with Crippen molar-refractivity contribution in [2.75, 3.05) is 13.8 Å². The number of aryl methyl sites for hydroxylation is 1. The van der Waals surface area contributed by atoms with Gasteiger partial charge in [0.25, 0.3) is 0 Å². The maximum atomic E-state index is 12.8. The minimum atomic E-state index is -0.244. The molecular formula is C14H17F2NOS. The number of aromatic nitrogens is 1. The number of alkyl halides is 1. The van der Waals surface area contributed by atoms with E-state index in [9.17, 15) is 8.78 Å². The van der Waals surface area contributed by atoms with Crippen molar-refractivity contribution in [3.63, 3.8) is 0 Å². The van der Waals surface area contributed by atoms with E-state index in [1.54, 1.807) is 23.5 Å². The second-order valence-electron chi connectivity index (χ2n) is 4.05. The summed E-state index contributed by atoms with van der Waals surface area (Å²) in [5, 5.41) is 10.0. The van der Waals surface area contributed by atoms with E-state index in [1.807, 2.05) is 13.8 Å². The van der Waals surface area contributed by atoms with Crippen molar-refractivity contribution >= 4 is 11.3 Å². The molecule has 0 spiro atoms. The molecule has 1 heterocycles. The fourth-order valence-electron chi connectivity index (χ4n) is 1.67. The second kappa shape index (κ2) is 7.31. The summed E-state index contributed by atoms with van der Waals surface area (Å²) in [7, 11) is 0.500. The molecule has 1 atom stereocenters. The largest absolute Gasteiger partial charge is 0.396 e. The molecule has 1 aromatic carbocycles. The summed E-state index contributed by atoms with van der Waals surface area (Å²) in [5.41, 5.74) is 1.84. The molecule has 0 radical (unpaired) electrons. The lowest BCUT2D eigenvalue weighted by Crippen LogP contribution is -2.00. The van der Waals surface area contributed by atoms with Gasteiger partial charge in [-0.25, -0.2) is 9.37 Å². The maximum absolute atomic E-state index is 12.8. The molecule has 5 heteroatoms. The minimum absolute atomic E-state index is 0.0421. The number of nitrogens with zero attached hydrogens (tertiary/aromatic N) is 1. The molecule has 2 rings (SSSR count). The fourth-order valence-corrected chi connectivity index (χ4v) is 2.71. The van der Waals surface area contributed by atoms with Crippen molar-refractivity contribution in [1.29, 1.82) is 0 Å². The molecule has 0 aliphatic heterocycles. The standard InChI is InChI=1S/C13H14FNOS.CH3F/c1-8(7-16)12-9(2)17-13(15-12)10-3-5-11(14)6-4-10;1-2/h3-6,8,16H,7H2,1-2H3;1H3. The maximum Gasteiger partial charge on any atom is 0.123 e. The van der Waals surface area contributed by atoms with Crippen LogP contribution in [0, 0.1) is 12.7 Å². The van der Waals surface area contributed by atoms with Crippen LogP contribution in [0.3, 0.4) is 0 Å². The number of aliphatic hydroxyl groups is 1. The zero-order valence-corrected chi connectivity index (χ0v) is 12.0. The Hall–Kier alpha value is -1.33. The molecule has 0 aliphatic rings. The monoisotopic (exact) mass is 285 g/mol. The summed E-state index contributed by atoms with van der Waals surface area (Å²) in [6.07, 6.45) is 0. The van der Waals surface area contributed by atoms with Gasteiger partial charge in [0.1, 0.15) is 10.8 Å². The number of halogens is 2. The van der Waals surface area contributed by atoms with Gasteiger partial charge in [0.15, 0.2) is 0 Å². The Bertz CT molecular complexity index is 511. The third-order valence-electron chi connectivity index (χ3n) is 2.66. The van der Waals surface area contributed by atoms with Gasteiger partial charge in [0.05, 0.1) is 19.5 Å². The molecule has 0 fully saturated rings. The predicted molar refractivity (Wildman–Crippen MR) is 74.8 cm³/mol. The molecule has 0 amide bonds. The molecule has 104 valence electrons. The predicted octanol–water partition coefficient (Wildman–Crippen LogP) is 3.94. The number of aliphatic hydroxyl groups excluding tert-OH is 1. The number of benzene rings is 1. The van der Waals surface area contributed by atoms with Crippen LogP contribution in [0.4, 0.5) is 8.78 Å². The van der Waals surface area contributed by atoms with Crippen LogP contribution in [-0.4, -0.2) is 23.9 Å². The molecule has 0 saturated carbocycles. The first-order valence-electron chi connectivity index (χ1n) is 5.83. The van der Waals surface area contributed by atoms with Gasteiger partial charge in [0, 0.05) is 16.4 Å². The van der Waals surface area contributed by atoms with E-state index < -0.39 is 0 Å². The Morgan fingerprint density at radius 2 is 1.84 bits per heavy atom. The molecule has 1 N–H and O–H groups in total. The van der Waals surface area contributed by atoms with Crippen LogP contribution >= 0.6 is 11.3 Å². The minimum Gasteiger partial charge on any atom is -0.396 e. The molecule has 19 heavy (non-hydrogen) atoms. The van der Waals surface area contributed by atoms with Gasteiger partial charge in [-0.05, 0) is 31.2 Å². The smallest absolute Gasteiger partial charge is 0.123 e. The first kappa shape index (κ1) is 15.7. The van der Waals surface area contributed by atoms with E-state index in [-0.39, 0.29) is 18.3 Å². The van der Waals surface area contributed by atoms with Crippen LogP contribution in [0.25, 0.3) is 10.6 Å². The van der Waals surface area contributed by atoms with E-state index in [0.717, 1.165) is 21.1 Å². The Balaban J connectivity index is 0.000000861. The van der Waals surface area contributed by atoms with Crippen molar-refractivity contribution in [2.45, 2.75) is 19.8 Å². The molecule has 2 aromatic rings. The molecule has 0 aliphatic carbocycles. The van der Waals surface area contributed by atoms with E-state index in [4.69, 9.17) is 5.11 Å². The van der Waals surface area contributed by atoms with Crippen molar-refractivity contribution in [3.8, 4) is 10.6 Å². The highest BCUT2D eigenvalue weighted by Gasteiger charge is 2.14. The highest BCUT2D eigenvalue weighted by Crippen LogP contribution is 2.31. The topological polar surface area (TPSA) is 33.1 Å². The Labute approximate surface area is 115 Å². The van der Waals surface area contributed by atoms with Crippen molar-refractivity contribution < 1.29 is 13.9 Å². The first-order valence-corrected chi connectivity index (χ1v) is 6.65. The second-order valence-corrected chi connectivity index (χ2v) is 5.25. The lowest BCUT2D eigenvalue weighted by molar-refractivity contribution is 0.271. The molecule has 2 nitrogen and oxygen atoms in total. The van der Waals surface area contributed by atoms with E-state index in [2.05, 4.69) is 4.98 Å². The van der Waals surface area contributed by atoms with Crippen molar-refractivity contribution in [2.24, 2.45) is 0 Å².